The van der Waals surface area contributed by atoms with Crippen molar-refractivity contribution in [2.45, 2.75) is 26.7 Å². The van der Waals surface area contributed by atoms with E-state index in [4.69, 9.17) is 4.74 Å². The summed E-state index contributed by atoms with van der Waals surface area (Å²) in [5, 5.41) is 9.27. The van der Waals surface area contributed by atoms with Gasteiger partial charge in [0.25, 0.3) is 5.91 Å². The van der Waals surface area contributed by atoms with Crippen LogP contribution >= 0.6 is 0 Å². The van der Waals surface area contributed by atoms with Gasteiger partial charge in [-0.2, -0.15) is 5.26 Å². The maximum atomic E-state index is 13.6. The second kappa shape index (κ2) is 6.76. The number of likely N-dealkylation sites (tertiary alicyclic amines) is 1. The smallest absolute Gasteiger partial charge is 0.260 e. The van der Waals surface area contributed by atoms with Gasteiger partial charge in [-0.25, -0.2) is 8.78 Å². The number of benzene rings is 1. The predicted molar refractivity (Wildman–Crippen MR) is 92.6 cm³/mol. The van der Waals surface area contributed by atoms with E-state index in [0.717, 1.165) is 12.1 Å². The van der Waals surface area contributed by atoms with Crippen LogP contribution in [-0.2, 0) is 9.59 Å². The number of nitriles is 1. The first-order valence-electron chi connectivity index (χ1n) is 8.69. The zero-order chi connectivity index (χ0) is 19.8. The summed E-state index contributed by atoms with van der Waals surface area (Å²) in [5.41, 5.74) is -0.934. The van der Waals surface area contributed by atoms with Crippen LogP contribution in [0.25, 0.3) is 0 Å². The molecule has 1 heterocycles. The highest BCUT2D eigenvalue weighted by molar-refractivity contribution is 6.03. The fourth-order valence-electron chi connectivity index (χ4n) is 4.02. The van der Waals surface area contributed by atoms with Crippen LogP contribution < -0.4 is 4.74 Å². The number of hydrogen-bond acceptors (Lipinski definition) is 4. The SMILES string of the molecule is CC1(C)C[C@@]2(C=C(C#N)C1=O)CCN(C(=O)COc1ccc(F)cc1F)C2. The van der Waals surface area contributed by atoms with Gasteiger partial charge in [0.1, 0.15) is 11.9 Å². The third-order valence-corrected chi connectivity index (χ3v) is 5.21. The van der Waals surface area contributed by atoms with E-state index in [2.05, 4.69) is 0 Å². The van der Waals surface area contributed by atoms with E-state index in [0.29, 0.717) is 32.0 Å². The Labute approximate surface area is 156 Å². The summed E-state index contributed by atoms with van der Waals surface area (Å²) in [7, 11) is 0. The molecular formula is C20H20F2N2O3. The zero-order valence-corrected chi connectivity index (χ0v) is 15.2. The average Bonchev–Trinajstić information content (AvgIpc) is 3.00. The minimum absolute atomic E-state index is 0.144. The lowest BCUT2D eigenvalue weighted by Gasteiger charge is -2.38. The number of ether oxygens (including phenoxy) is 1. The molecule has 2 aliphatic rings. The van der Waals surface area contributed by atoms with Crippen molar-refractivity contribution in [1.82, 2.24) is 4.90 Å². The molecule has 1 fully saturated rings. The minimum atomic E-state index is -0.866. The Balaban J connectivity index is 1.68. The largest absolute Gasteiger partial charge is 0.481 e. The summed E-state index contributed by atoms with van der Waals surface area (Å²) < 4.78 is 31.7. The van der Waals surface area contributed by atoms with Gasteiger partial charge in [-0.1, -0.05) is 19.9 Å². The van der Waals surface area contributed by atoms with E-state index >= 15 is 0 Å². The van der Waals surface area contributed by atoms with Gasteiger partial charge >= 0.3 is 0 Å². The number of allylic oxidation sites excluding steroid dienone is 1. The van der Waals surface area contributed by atoms with Crippen molar-refractivity contribution in [2.24, 2.45) is 10.8 Å². The maximum Gasteiger partial charge on any atom is 0.260 e. The first-order valence-corrected chi connectivity index (χ1v) is 8.69. The van der Waals surface area contributed by atoms with Gasteiger partial charge in [-0.05, 0) is 25.0 Å². The first kappa shape index (κ1) is 19.0. The molecule has 1 aromatic carbocycles. The number of halogens is 2. The van der Waals surface area contributed by atoms with Crippen molar-refractivity contribution >= 4 is 11.7 Å². The summed E-state index contributed by atoms with van der Waals surface area (Å²) in [6, 6.07) is 4.87. The molecule has 1 aliphatic carbocycles. The van der Waals surface area contributed by atoms with E-state index in [1.165, 1.54) is 0 Å². The lowest BCUT2D eigenvalue weighted by molar-refractivity contribution is -0.132. The molecule has 1 saturated heterocycles. The van der Waals surface area contributed by atoms with Crippen molar-refractivity contribution in [2.75, 3.05) is 19.7 Å². The van der Waals surface area contributed by atoms with E-state index < -0.39 is 22.5 Å². The molecule has 0 N–H and O–H groups in total. The van der Waals surface area contributed by atoms with Gasteiger partial charge in [0, 0.05) is 30.0 Å². The second-order valence-corrected chi connectivity index (χ2v) is 7.85. The van der Waals surface area contributed by atoms with Crippen molar-refractivity contribution in [1.29, 1.82) is 5.26 Å². The van der Waals surface area contributed by atoms with Crippen LogP contribution in [0.5, 0.6) is 5.75 Å². The molecule has 1 atom stereocenters. The molecule has 1 amide bonds. The summed E-state index contributed by atoms with van der Waals surface area (Å²) in [6.07, 6.45) is 2.90. The second-order valence-electron chi connectivity index (χ2n) is 7.85. The lowest BCUT2D eigenvalue weighted by Crippen LogP contribution is -2.41. The number of rotatable bonds is 3. The summed E-state index contributed by atoms with van der Waals surface area (Å²) in [6.45, 7) is 4.10. The molecule has 27 heavy (non-hydrogen) atoms. The number of carbonyl (C=O) groups excluding carboxylic acids is 2. The van der Waals surface area contributed by atoms with Crippen LogP contribution in [0.15, 0.2) is 29.8 Å². The molecule has 0 bridgehead atoms. The fourth-order valence-corrected chi connectivity index (χ4v) is 4.02. The zero-order valence-electron chi connectivity index (χ0n) is 15.2. The Kier molecular flexibility index (Phi) is 4.77. The first-order chi connectivity index (χ1) is 12.7. The highest BCUT2D eigenvalue weighted by Crippen LogP contribution is 2.47. The van der Waals surface area contributed by atoms with Crippen molar-refractivity contribution in [3.8, 4) is 11.8 Å². The quantitative estimate of drug-likeness (QED) is 0.816. The Hall–Kier alpha value is -2.75. The van der Waals surface area contributed by atoms with E-state index in [9.17, 15) is 23.6 Å². The molecule has 0 radical (unpaired) electrons. The third-order valence-electron chi connectivity index (χ3n) is 5.21. The van der Waals surface area contributed by atoms with E-state index in [-0.39, 0.29) is 29.6 Å². The van der Waals surface area contributed by atoms with Crippen molar-refractivity contribution in [3.63, 3.8) is 0 Å². The molecule has 0 unspecified atom stereocenters. The Bertz CT molecular complexity index is 872. The standard InChI is InChI=1S/C20H20F2N2O3/c1-19(2)11-20(8-13(9-23)18(19)26)5-6-24(12-20)17(25)10-27-16-4-3-14(21)7-15(16)22/h3-4,7-8H,5-6,10-12H2,1-2H3/t20-/m0/s1. The number of carbonyl (C=O) groups is 2. The predicted octanol–water partition coefficient (Wildman–Crippen LogP) is 3.01. The summed E-state index contributed by atoms with van der Waals surface area (Å²) in [4.78, 5) is 26.3. The molecule has 3 rings (SSSR count). The molecule has 0 saturated carbocycles. The van der Waals surface area contributed by atoms with Crippen molar-refractivity contribution < 1.29 is 23.1 Å². The highest BCUT2D eigenvalue weighted by Gasteiger charge is 2.48. The molecule has 7 heteroatoms. The summed E-state index contributed by atoms with van der Waals surface area (Å²) in [5.74, 6) is -2.26. The number of ketones is 1. The molecular weight excluding hydrogens is 354 g/mol. The molecule has 0 aromatic heterocycles. The number of nitrogens with zero attached hydrogens (tertiary/aromatic N) is 2. The maximum absolute atomic E-state index is 13.6. The Morgan fingerprint density at radius 1 is 1.37 bits per heavy atom. The molecule has 142 valence electrons. The van der Waals surface area contributed by atoms with Crippen LogP contribution in [0.4, 0.5) is 8.78 Å². The van der Waals surface area contributed by atoms with Crippen LogP contribution in [0.1, 0.15) is 26.7 Å². The van der Waals surface area contributed by atoms with Crippen LogP contribution in [0.2, 0.25) is 0 Å². The number of Topliss-reactive ketones (excluding diaryl/α,β-unsaturated/α-hetero) is 1. The third kappa shape index (κ3) is 3.70. The fraction of sp³-hybridized carbons (Fsp3) is 0.450. The molecule has 1 aromatic rings. The lowest BCUT2D eigenvalue weighted by atomic mass is 9.64. The molecule has 5 nitrogen and oxygen atoms in total. The molecule has 1 spiro atoms. The topological polar surface area (TPSA) is 70.4 Å². The highest BCUT2D eigenvalue weighted by atomic mass is 19.1. The summed E-state index contributed by atoms with van der Waals surface area (Å²) >= 11 is 0. The normalized spacial score (nSPS) is 23.9. The van der Waals surface area contributed by atoms with Crippen LogP contribution in [-0.4, -0.2) is 36.3 Å². The Morgan fingerprint density at radius 2 is 2.11 bits per heavy atom. The van der Waals surface area contributed by atoms with Crippen molar-refractivity contribution in [3.05, 3.63) is 41.5 Å². The average molecular weight is 374 g/mol. The van der Waals surface area contributed by atoms with Crippen LogP contribution in [0.3, 0.4) is 0 Å². The monoisotopic (exact) mass is 374 g/mol. The molecule has 1 aliphatic heterocycles. The van der Waals surface area contributed by atoms with Gasteiger partial charge in [0.15, 0.2) is 24.0 Å². The van der Waals surface area contributed by atoms with Gasteiger partial charge in [0.05, 0.1) is 5.57 Å². The van der Waals surface area contributed by atoms with Crippen LogP contribution in [0, 0.1) is 33.8 Å². The number of amides is 1. The van der Waals surface area contributed by atoms with Gasteiger partial charge in [-0.15, -0.1) is 0 Å². The van der Waals surface area contributed by atoms with Gasteiger partial charge in [-0.3, -0.25) is 9.59 Å². The van der Waals surface area contributed by atoms with E-state index in [1.54, 1.807) is 11.0 Å². The van der Waals surface area contributed by atoms with Gasteiger partial charge in [0.2, 0.25) is 0 Å². The Morgan fingerprint density at radius 3 is 2.78 bits per heavy atom. The van der Waals surface area contributed by atoms with E-state index in [1.807, 2.05) is 19.9 Å². The van der Waals surface area contributed by atoms with Gasteiger partial charge < -0.3 is 9.64 Å². The minimum Gasteiger partial charge on any atom is -0.481 e. The number of hydrogen-bond donors (Lipinski definition) is 0.